The topological polar surface area (TPSA) is 66.4 Å². The van der Waals surface area contributed by atoms with E-state index in [1.54, 1.807) is 23.5 Å². The molecule has 0 spiro atoms. The van der Waals surface area contributed by atoms with E-state index in [0.717, 1.165) is 47.0 Å². The summed E-state index contributed by atoms with van der Waals surface area (Å²) >= 11 is 1.66. The molecule has 2 atom stereocenters. The first-order valence-corrected chi connectivity index (χ1v) is 11.3. The normalized spacial score (nSPS) is 20.7. The number of aryl methyl sites for hydroxylation is 1. The van der Waals surface area contributed by atoms with Crippen LogP contribution in [0.3, 0.4) is 0 Å². The maximum Gasteiger partial charge on any atom is 0.261 e. The van der Waals surface area contributed by atoms with Gasteiger partial charge in [-0.25, -0.2) is 9.97 Å². The summed E-state index contributed by atoms with van der Waals surface area (Å²) in [5, 5.41) is 1.03. The van der Waals surface area contributed by atoms with E-state index >= 15 is 0 Å². The van der Waals surface area contributed by atoms with Crippen LogP contribution < -0.4 is 0 Å². The molecular formula is C23H24N4O2S. The van der Waals surface area contributed by atoms with Gasteiger partial charge in [-0.1, -0.05) is 12.1 Å². The largest absolute Gasteiger partial charge is 0.295 e. The maximum atomic E-state index is 12.7. The van der Waals surface area contributed by atoms with Crippen molar-refractivity contribution in [3.05, 3.63) is 58.2 Å². The molecule has 7 heteroatoms. The molecule has 6 nitrogen and oxygen atoms in total. The summed E-state index contributed by atoms with van der Waals surface area (Å²) in [7, 11) is 0. The zero-order chi connectivity index (χ0) is 20.8. The predicted molar refractivity (Wildman–Crippen MR) is 117 cm³/mol. The highest BCUT2D eigenvalue weighted by Gasteiger charge is 2.37. The number of aromatic nitrogens is 2. The Kier molecular flexibility index (Phi) is 4.87. The Morgan fingerprint density at radius 3 is 2.57 bits per heavy atom. The number of benzene rings is 1. The molecule has 2 aliphatic heterocycles. The quantitative estimate of drug-likeness (QED) is 0.595. The van der Waals surface area contributed by atoms with E-state index in [4.69, 9.17) is 4.98 Å². The van der Waals surface area contributed by atoms with Crippen molar-refractivity contribution in [1.29, 1.82) is 0 Å². The van der Waals surface area contributed by atoms with Crippen molar-refractivity contribution in [3.63, 3.8) is 0 Å². The monoisotopic (exact) mass is 420 g/mol. The van der Waals surface area contributed by atoms with Crippen LogP contribution in [-0.2, 0) is 0 Å². The number of thiazole rings is 1. The van der Waals surface area contributed by atoms with E-state index in [1.165, 1.54) is 4.90 Å². The number of rotatable bonds is 4. The lowest BCUT2D eigenvalue weighted by molar-refractivity contribution is 0.0566. The number of hydrogen-bond acceptors (Lipinski definition) is 6. The number of fused-ring (bicyclic) bond motifs is 2. The van der Waals surface area contributed by atoms with Crippen LogP contribution in [0.1, 0.15) is 57.2 Å². The van der Waals surface area contributed by atoms with E-state index < -0.39 is 0 Å². The summed E-state index contributed by atoms with van der Waals surface area (Å²) in [6, 6.07) is 11.5. The number of amides is 2. The molecule has 0 N–H and O–H groups in total. The molecule has 1 fully saturated rings. The Hall–Kier alpha value is -2.64. The van der Waals surface area contributed by atoms with Crippen molar-refractivity contribution in [2.75, 3.05) is 19.6 Å². The lowest BCUT2D eigenvalue weighted by Gasteiger charge is -2.37. The SMILES string of the molecule is Cc1nc2nc(C(C)N3CCCC(CN4C(=O)c5ccccc5C4=O)C3)ccc2s1. The molecular weight excluding hydrogens is 396 g/mol. The molecule has 2 amide bonds. The van der Waals surface area contributed by atoms with Crippen molar-refractivity contribution in [2.24, 2.45) is 5.92 Å². The molecule has 154 valence electrons. The Bertz CT molecular complexity index is 1110. The molecule has 0 aliphatic carbocycles. The Morgan fingerprint density at radius 1 is 1.10 bits per heavy atom. The van der Waals surface area contributed by atoms with Gasteiger partial charge in [0.25, 0.3) is 11.8 Å². The minimum atomic E-state index is -0.160. The number of imide groups is 1. The molecule has 5 rings (SSSR count). The molecule has 0 bridgehead atoms. The number of piperidine rings is 1. The van der Waals surface area contributed by atoms with Crippen LogP contribution in [-0.4, -0.2) is 51.2 Å². The van der Waals surface area contributed by atoms with Gasteiger partial charge in [0, 0.05) is 19.1 Å². The summed E-state index contributed by atoms with van der Waals surface area (Å²) in [4.78, 5) is 38.6. The smallest absolute Gasteiger partial charge is 0.261 e. The van der Waals surface area contributed by atoms with Crippen molar-refractivity contribution in [1.82, 2.24) is 19.8 Å². The lowest BCUT2D eigenvalue weighted by atomic mass is 9.95. The molecule has 30 heavy (non-hydrogen) atoms. The molecule has 3 aromatic rings. The van der Waals surface area contributed by atoms with E-state index in [1.807, 2.05) is 19.1 Å². The van der Waals surface area contributed by atoms with Gasteiger partial charge >= 0.3 is 0 Å². The summed E-state index contributed by atoms with van der Waals surface area (Å²) in [6.07, 6.45) is 2.07. The van der Waals surface area contributed by atoms with Crippen molar-refractivity contribution in [2.45, 2.75) is 32.7 Å². The van der Waals surface area contributed by atoms with E-state index in [-0.39, 0.29) is 23.8 Å². The summed E-state index contributed by atoms with van der Waals surface area (Å²) in [5.41, 5.74) is 2.90. The third kappa shape index (κ3) is 3.32. The zero-order valence-electron chi connectivity index (χ0n) is 17.2. The fraction of sp³-hybridized carbons (Fsp3) is 0.391. The van der Waals surface area contributed by atoms with Gasteiger partial charge in [0.2, 0.25) is 0 Å². The molecule has 1 aromatic carbocycles. The fourth-order valence-corrected chi connectivity index (χ4v) is 5.39. The van der Waals surface area contributed by atoms with Gasteiger partial charge in [-0.2, -0.15) is 0 Å². The number of nitrogens with zero attached hydrogens (tertiary/aromatic N) is 4. The third-order valence-electron chi connectivity index (χ3n) is 6.23. The molecule has 1 saturated heterocycles. The fourth-order valence-electron chi connectivity index (χ4n) is 4.62. The van der Waals surface area contributed by atoms with Crippen LogP contribution >= 0.6 is 11.3 Å². The highest BCUT2D eigenvalue weighted by Crippen LogP contribution is 2.30. The van der Waals surface area contributed by atoms with Crippen LogP contribution in [0.25, 0.3) is 10.3 Å². The molecule has 2 aliphatic rings. The van der Waals surface area contributed by atoms with Crippen LogP contribution in [0.4, 0.5) is 0 Å². The molecule has 0 saturated carbocycles. The lowest BCUT2D eigenvalue weighted by Crippen LogP contribution is -2.43. The first-order valence-electron chi connectivity index (χ1n) is 10.4. The Balaban J connectivity index is 1.30. The summed E-state index contributed by atoms with van der Waals surface area (Å²) in [6.45, 7) is 6.51. The van der Waals surface area contributed by atoms with Gasteiger partial charge in [-0.05, 0) is 63.4 Å². The van der Waals surface area contributed by atoms with Crippen LogP contribution in [0.2, 0.25) is 0 Å². The van der Waals surface area contributed by atoms with Gasteiger partial charge in [0.05, 0.1) is 26.5 Å². The summed E-state index contributed by atoms with van der Waals surface area (Å²) < 4.78 is 1.12. The van der Waals surface area contributed by atoms with E-state index in [2.05, 4.69) is 28.9 Å². The minimum Gasteiger partial charge on any atom is -0.295 e. The average molecular weight is 421 g/mol. The molecule has 4 heterocycles. The van der Waals surface area contributed by atoms with Gasteiger partial charge in [-0.15, -0.1) is 11.3 Å². The van der Waals surface area contributed by atoms with Crippen LogP contribution in [0, 0.1) is 12.8 Å². The predicted octanol–water partition coefficient (Wildman–Crippen LogP) is 4.07. The molecule has 2 unspecified atom stereocenters. The van der Waals surface area contributed by atoms with E-state index in [9.17, 15) is 9.59 Å². The van der Waals surface area contributed by atoms with Gasteiger partial charge in [0.15, 0.2) is 5.65 Å². The number of likely N-dealkylation sites (tertiary alicyclic amines) is 1. The van der Waals surface area contributed by atoms with Crippen LogP contribution in [0.5, 0.6) is 0 Å². The van der Waals surface area contributed by atoms with Crippen LogP contribution in [0.15, 0.2) is 36.4 Å². The number of carbonyl (C=O) groups excluding carboxylic acids is 2. The second-order valence-corrected chi connectivity index (χ2v) is 9.47. The number of hydrogen-bond donors (Lipinski definition) is 0. The first-order chi connectivity index (χ1) is 14.5. The Morgan fingerprint density at radius 2 is 1.83 bits per heavy atom. The number of pyridine rings is 1. The highest BCUT2D eigenvalue weighted by molar-refractivity contribution is 7.18. The standard InChI is InChI=1S/C23H24N4O2S/c1-14(19-9-10-20-21(25-19)24-15(2)30-20)26-11-5-6-16(12-26)13-27-22(28)17-7-3-4-8-18(17)23(27)29/h3-4,7-10,14,16H,5-6,11-13H2,1-2H3. The van der Waals surface area contributed by atoms with Gasteiger partial charge < -0.3 is 0 Å². The maximum absolute atomic E-state index is 12.7. The zero-order valence-corrected chi connectivity index (χ0v) is 18.0. The summed E-state index contributed by atoms with van der Waals surface area (Å²) in [5.74, 6) is -0.0488. The van der Waals surface area contributed by atoms with Crippen molar-refractivity contribution >= 4 is 33.5 Å². The van der Waals surface area contributed by atoms with E-state index in [0.29, 0.717) is 17.7 Å². The van der Waals surface area contributed by atoms with Crippen molar-refractivity contribution < 1.29 is 9.59 Å². The van der Waals surface area contributed by atoms with Gasteiger partial charge in [-0.3, -0.25) is 19.4 Å². The third-order valence-corrected chi connectivity index (χ3v) is 7.15. The van der Waals surface area contributed by atoms with Gasteiger partial charge in [0.1, 0.15) is 0 Å². The molecule has 2 aromatic heterocycles. The molecule has 0 radical (unpaired) electrons. The first kappa shape index (κ1) is 19.3. The minimum absolute atomic E-state index is 0.160. The number of carbonyl (C=O) groups is 2. The second kappa shape index (κ2) is 7.56. The highest BCUT2D eigenvalue weighted by atomic mass is 32.1. The van der Waals surface area contributed by atoms with Crippen molar-refractivity contribution in [3.8, 4) is 0 Å². The Labute approximate surface area is 179 Å². The average Bonchev–Trinajstić information content (AvgIpc) is 3.25. The second-order valence-electron chi connectivity index (χ2n) is 8.24.